The maximum Gasteiger partial charge on any atom is 0.191 e. The van der Waals surface area contributed by atoms with Crippen molar-refractivity contribution in [3.63, 3.8) is 0 Å². The molecule has 0 bridgehead atoms. The number of hydrogen-bond donors (Lipinski definition) is 2. The van der Waals surface area contributed by atoms with Crippen molar-refractivity contribution in [2.24, 2.45) is 4.99 Å². The minimum atomic E-state index is 0. The normalized spacial score (nSPS) is 11.3. The predicted molar refractivity (Wildman–Crippen MR) is 105 cm³/mol. The van der Waals surface area contributed by atoms with Crippen LogP contribution in [0, 0.1) is 6.92 Å². The van der Waals surface area contributed by atoms with Gasteiger partial charge in [-0.1, -0.05) is 6.07 Å². The van der Waals surface area contributed by atoms with E-state index in [9.17, 15) is 0 Å². The van der Waals surface area contributed by atoms with Gasteiger partial charge in [0.2, 0.25) is 0 Å². The first kappa shape index (κ1) is 19.7. The van der Waals surface area contributed by atoms with Crippen LogP contribution >= 0.6 is 24.0 Å². The third-order valence-corrected chi connectivity index (χ3v) is 3.31. The third-order valence-electron chi connectivity index (χ3n) is 3.31. The second kappa shape index (κ2) is 10.4. The number of hydrogen-bond acceptors (Lipinski definition) is 3. The van der Waals surface area contributed by atoms with E-state index in [-0.39, 0.29) is 24.0 Å². The van der Waals surface area contributed by atoms with E-state index in [4.69, 9.17) is 4.74 Å². The van der Waals surface area contributed by atoms with Crippen LogP contribution in [-0.2, 0) is 11.2 Å². The van der Waals surface area contributed by atoms with E-state index in [2.05, 4.69) is 51.1 Å². The number of rotatable bonds is 7. The molecular formula is C16H26IN5O. The van der Waals surface area contributed by atoms with Crippen molar-refractivity contribution in [3.8, 4) is 0 Å². The first-order valence-electron chi connectivity index (χ1n) is 7.69. The number of methoxy groups -OCH3 is 1. The molecule has 0 atom stereocenters. The lowest BCUT2D eigenvalue weighted by Crippen LogP contribution is -2.38. The molecule has 2 aromatic rings. The molecule has 23 heavy (non-hydrogen) atoms. The van der Waals surface area contributed by atoms with Gasteiger partial charge in [0.1, 0.15) is 5.65 Å². The van der Waals surface area contributed by atoms with Crippen LogP contribution in [0.4, 0.5) is 0 Å². The Hall–Kier alpha value is -1.35. The highest BCUT2D eigenvalue weighted by atomic mass is 127. The Kier molecular flexibility index (Phi) is 8.93. The van der Waals surface area contributed by atoms with Crippen molar-refractivity contribution in [1.82, 2.24) is 20.0 Å². The number of aliphatic imine (C=N–C) groups is 1. The molecule has 0 aliphatic carbocycles. The molecule has 0 aromatic carbocycles. The Morgan fingerprint density at radius 3 is 2.91 bits per heavy atom. The molecule has 0 aliphatic heterocycles. The summed E-state index contributed by atoms with van der Waals surface area (Å²) in [4.78, 5) is 9.11. The fourth-order valence-electron chi connectivity index (χ4n) is 2.22. The van der Waals surface area contributed by atoms with Crippen LogP contribution in [0.2, 0.25) is 0 Å². The smallest absolute Gasteiger partial charge is 0.191 e. The summed E-state index contributed by atoms with van der Waals surface area (Å²) in [6.45, 7) is 7.05. The number of aryl methyl sites for hydroxylation is 1. The molecule has 0 saturated carbocycles. The predicted octanol–water partition coefficient (Wildman–Crippen LogP) is 2.00. The zero-order valence-electron chi connectivity index (χ0n) is 14.0. The van der Waals surface area contributed by atoms with Crippen molar-refractivity contribution in [1.29, 1.82) is 0 Å². The molecule has 128 valence electrons. The van der Waals surface area contributed by atoms with Crippen LogP contribution < -0.4 is 10.6 Å². The van der Waals surface area contributed by atoms with Gasteiger partial charge < -0.3 is 19.8 Å². The fraction of sp³-hybridized carbons (Fsp3) is 0.500. The molecule has 7 heteroatoms. The lowest BCUT2D eigenvalue weighted by atomic mass is 10.3. The van der Waals surface area contributed by atoms with Crippen molar-refractivity contribution >= 4 is 35.6 Å². The first-order valence-corrected chi connectivity index (χ1v) is 7.69. The van der Waals surface area contributed by atoms with E-state index in [0.717, 1.165) is 36.8 Å². The number of guanidine groups is 1. The Balaban J connectivity index is 0.00000264. The Labute approximate surface area is 154 Å². The summed E-state index contributed by atoms with van der Waals surface area (Å²) in [5.74, 6) is 0.819. The van der Waals surface area contributed by atoms with Gasteiger partial charge in [-0.05, 0) is 25.5 Å². The molecule has 0 spiro atoms. The van der Waals surface area contributed by atoms with Gasteiger partial charge in [-0.15, -0.1) is 24.0 Å². The molecule has 2 heterocycles. The van der Waals surface area contributed by atoms with Gasteiger partial charge in [-0.3, -0.25) is 4.99 Å². The van der Waals surface area contributed by atoms with Gasteiger partial charge in [0.15, 0.2) is 5.96 Å². The average molecular weight is 431 g/mol. The van der Waals surface area contributed by atoms with Crippen LogP contribution in [0.1, 0.15) is 18.2 Å². The van der Waals surface area contributed by atoms with Crippen molar-refractivity contribution in [3.05, 3.63) is 35.8 Å². The van der Waals surface area contributed by atoms with Crippen LogP contribution in [0.25, 0.3) is 5.65 Å². The molecular weight excluding hydrogens is 405 g/mol. The SMILES string of the molecule is CCNC(=NCCOC)NCCc1cn2cccc(C)c2n1.I. The van der Waals surface area contributed by atoms with Gasteiger partial charge in [-0.25, -0.2) is 4.98 Å². The summed E-state index contributed by atoms with van der Waals surface area (Å²) < 4.78 is 7.09. The van der Waals surface area contributed by atoms with Crippen molar-refractivity contribution in [2.45, 2.75) is 20.3 Å². The summed E-state index contributed by atoms with van der Waals surface area (Å²) in [6, 6.07) is 4.12. The second-order valence-electron chi connectivity index (χ2n) is 5.08. The summed E-state index contributed by atoms with van der Waals surface area (Å²) in [5, 5.41) is 6.54. The van der Waals surface area contributed by atoms with E-state index in [0.29, 0.717) is 13.2 Å². The van der Waals surface area contributed by atoms with Crippen LogP contribution in [0.5, 0.6) is 0 Å². The van der Waals surface area contributed by atoms with Crippen molar-refractivity contribution in [2.75, 3.05) is 33.4 Å². The molecule has 0 amide bonds. The summed E-state index contributed by atoms with van der Waals surface area (Å²) in [6.07, 6.45) is 4.97. The van der Waals surface area contributed by atoms with E-state index in [1.165, 1.54) is 5.56 Å². The molecule has 2 rings (SSSR count). The highest BCUT2D eigenvalue weighted by molar-refractivity contribution is 14.0. The minimum absolute atomic E-state index is 0. The number of pyridine rings is 1. The summed E-state index contributed by atoms with van der Waals surface area (Å²) >= 11 is 0. The maximum absolute atomic E-state index is 5.01. The standard InChI is InChI=1S/C16H25N5O.HI/c1-4-17-16(19-9-11-22-3)18-8-7-14-12-21-10-5-6-13(2)15(21)20-14;/h5-6,10,12H,4,7-9,11H2,1-3H3,(H2,17,18,19);1H. The van der Waals surface area contributed by atoms with Crippen LogP contribution in [-0.4, -0.2) is 48.7 Å². The Morgan fingerprint density at radius 2 is 2.22 bits per heavy atom. The summed E-state index contributed by atoms with van der Waals surface area (Å²) in [7, 11) is 1.68. The highest BCUT2D eigenvalue weighted by Gasteiger charge is 2.04. The van der Waals surface area contributed by atoms with Gasteiger partial charge in [0.25, 0.3) is 0 Å². The van der Waals surface area contributed by atoms with E-state index in [1.54, 1.807) is 7.11 Å². The number of nitrogens with zero attached hydrogens (tertiary/aromatic N) is 3. The zero-order chi connectivity index (χ0) is 15.8. The molecule has 6 nitrogen and oxygen atoms in total. The Morgan fingerprint density at radius 1 is 1.39 bits per heavy atom. The maximum atomic E-state index is 5.01. The number of aromatic nitrogens is 2. The van der Waals surface area contributed by atoms with E-state index < -0.39 is 0 Å². The Bertz CT molecular complexity index is 626. The van der Waals surface area contributed by atoms with Crippen LogP contribution in [0.3, 0.4) is 0 Å². The minimum Gasteiger partial charge on any atom is -0.383 e. The fourth-order valence-corrected chi connectivity index (χ4v) is 2.22. The quantitative estimate of drug-likeness (QED) is 0.305. The second-order valence-corrected chi connectivity index (χ2v) is 5.08. The molecule has 0 radical (unpaired) electrons. The number of ether oxygens (including phenoxy) is 1. The average Bonchev–Trinajstić information content (AvgIpc) is 2.92. The monoisotopic (exact) mass is 431 g/mol. The van der Waals surface area contributed by atoms with E-state index in [1.807, 2.05) is 12.3 Å². The lowest BCUT2D eigenvalue weighted by Gasteiger charge is -2.10. The largest absolute Gasteiger partial charge is 0.383 e. The van der Waals surface area contributed by atoms with Gasteiger partial charge in [-0.2, -0.15) is 0 Å². The van der Waals surface area contributed by atoms with E-state index >= 15 is 0 Å². The topological polar surface area (TPSA) is 63.0 Å². The first-order chi connectivity index (χ1) is 10.7. The number of imidazole rings is 1. The molecule has 0 aliphatic rings. The third kappa shape index (κ3) is 5.98. The van der Waals surface area contributed by atoms with Crippen molar-refractivity contribution < 1.29 is 4.74 Å². The molecule has 2 N–H and O–H groups in total. The number of fused-ring (bicyclic) bond motifs is 1. The van der Waals surface area contributed by atoms with Crippen LogP contribution in [0.15, 0.2) is 29.5 Å². The van der Waals surface area contributed by atoms with Gasteiger partial charge >= 0.3 is 0 Å². The molecule has 0 saturated heterocycles. The molecule has 0 fully saturated rings. The summed E-state index contributed by atoms with van der Waals surface area (Å²) in [5.41, 5.74) is 3.30. The number of nitrogens with one attached hydrogen (secondary N) is 2. The van der Waals surface area contributed by atoms with Gasteiger partial charge in [0.05, 0.1) is 18.8 Å². The lowest BCUT2D eigenvalue weighted by molar-refractivity contribution is 0.208. The highest BCUT2D eigenvalue weighted by Crippen LogP contribution is 2.09. The molecule has 2 aromatic heterocycles. The zero-order valence-corrected chi connectivity index (χ0v) is 16.3. The van der Waals surface area contributed by atoms with Gasteiger partial charge in [0, 0.05) is 39.0 Å². The molecule has 0 unspecified atom stereocenters. The number of halogens is 1.